The molecule has 2 heterocycles. The molecule has 11 heteroatoms. The van der Waals surface area contributed by atoms with Crippen LogP contribution in [0.3, 0.4) is 0 Å². The number of halogens is 5. The molecule has 4 aromatic rings. The number of nitrogens with one attached hydrogen (secondary N) is 1. The number of alkyl halides is 3. The molecule has 2 aromatic carbocycles. The Morgan fingerprint density at radius 3 is 2.47 bits per heavy atom. The molecule has 164 valence electrons. The normalized spacial score (nSPS) is 11.5. The van der Waals surface area contributed by atoms with Crippen LogP contribution < -0.4 is 5.32 Å². The van der Waals surface area contributed by atoms with E-state index in [-0.39, 0.29) is 18.1 Å². The lowest BCUT2D eigenvalue weighted by Gasteiger charge is -2.13. The van der Waals surface area contributed by atoms with E-state index in [1.54, 1.807) is 36.4 Å². The highest BCUT2D eigenvalue weighted by atomic mass is 35.5. The summed E-state index contributed by atoms with van der Waals surface area (Å²) in [6.07, 6.45) is -2.51. The van der Waals surface area contributed by atoms with E-state index in [4.69, 9.17) is 23.2 Å². The van der Waals surface area contributed by atoms with Crippen LogP contribution in [-0.2, 0) is 12.7 Å². The Kier molecular flexibility index (Phi) is 5.94. The zero-order valence-electron chi connectivity index (χ0n) is 16.1. The summed E-state index contributed by atoms with van der Waals surface area (Å²) in [5.74, 6) is -0.787. The largest absolute Gasteiger partial charge is 0.434 e. The number of carbonyl (C=O) groups excluding carboxylic acids is 1. The van der Waals surface area contributed by atoms with Crippen LogP contribution in [0, 0.1) is 0 Å². The molecular weight excluding hydrogens is 466 g/mol. The Hall–Kier alpha value is -3.30. The zero-order valence-corrected chi connectivity index (χ0v) is 17.7. The molecule has 0 unspecified atom stereocenters. The maximum atomic E-state index is 13.8. The topological polar surface area (TPSA) is 64.7 Å². The van der Waals surface area contributed by atoms with Crippen molar-refractivity contribution in [3.05, 3.63) is 93.9 Å². The van der Waals surface area contributed by atoms with Crippen molar-refractivity contribution < 1.29 is 18.0 Å². The van der Waals surface area contributed by atoms with Gasteiger partial charge in [-0.2, -0.15) is 23.4 Å². The highest BCUT2D eigenvalue weighted by Crippen LogP contribution is 2.34. The molecule has 0 aliphatic heterocycles. The zero-order chi connectivity index (χ0) is 22.9. The van der Waals surface area contributed by atoms with Gasteiger partial charge in [-0.05, 0) is 23.8 Å². The van der Waals surface area contributed by atoms with Crippen LogP contribution in [0.2, 0.25) is 10.0 Å². The molecule has 32 heavy (non-hydrogen) atoms. The minimum Gasteiger partial charge on any atom is -0.307 e. The molecule has 0 radical (unpaired) electrons. The minimum atomic E-state index is -4.81. The van der Waals surface area contributed by atoms with E-state index < -0.39 is 23.3 Å². The van der Waals surface area contributed by atoms with E-state index in [2.05, 4.69) is 15.5 Å². The molecule has 0 aliphatic carbocycles. The highest BCUT2D eigenvalue weighted by molar-refractivity contribution is 6.42. The number of nitrogens with zero attached hydrogens (tertiary/aromatic N) is 4. The van der Waals surface area contributed by atoms with Crippen molar-refractivity contribution in [1.82, 2.24) is 19.6 Å². The number of para-hydroxylation sites is 1. The fourth-order valence-corrected chi connectivity index (χ4v) is 3.51. The van der Waals surface area contributed by atoms with Gasteiger partial charge in [-0.1, -0.05) is 53.5 Å². The van der Waals surface area contributed by atoms with Crippen molar-refractivity contribution in [2.75, 3.05) is 5.32 Å². The Bertz CT molecular complexity index is 1270. The van der Waals surface area contributed by atoms with E-state index in [0.29, 0.717) is 20.3 Å². The highest BCUT2D eigenvalue weighted by Gasteiger charge is 2.40. The molecule has 1 N–H and O–H groups in total. The van der Waals surface area contributed by atoms with Crippen molar-refractivity contribution in [2.24, 2.45) is 0 Å². The third kappa shape index (κ3) is 4.35. The molecule has 4 rings (SSSR count). The predicted octanol–water partition coefficient (Wildman–Crippen LogP) is 5.70. The molecule has 0 aliphatic rings. The fraction of sp³-hybridized carbons (Fsp3) is 0.0952. The van der Waals surface area contributed by atoms with Gasteiger partial charge in [0.25, 0.3) is 5.91 Å². The summed E-state index contributed by atoms with van der Waals surface area (Å²) in [6, 6.07) is 14.3. The molecule has 0 atom stereocenters. The van der Waals surface area contributed by atoms with Gasteiger partial charge in [0.15, 0.2) is 5.69 Å². The third-order valence-corrected chi connectivity index (χ3v) is 5.45. The summed E-state index contributed by atoms with van der Waals surface area (Å²) < 4.78 is 43.6. The molecular formula is C21H14Cl2F3N5O. The van der Waals surface area contributed by atoms with Crippen LogP contribution in [-0.4, -0.2) is 25.5 Å². The van der Waals surface area contributed by atoms with Crippen LogP contribution in [0.1, 0.15) is 21.6 Å². The van der Waals surface area contributed by atoms with Crippen molar-refractivity contribution in [1.29, 1.82) is 0 Å². The van der Waals surface area contributed by atoms with Gasteiger partial charge >= 0.3 is 6.18 Å². The van der Waals surface area contributed by atoms with Crippen molar-refractivity contribution in [2.45, 2.75) is 12.7 Å². The maximum absolute atomic E-state index is 13.8. The first-order valence-electron chi connectivity index (χ1n) is 9.22. The monoisotopic (exact) mass is 479 g/mol. The average molecular weight is 480 g/mol. The Morgan fingerprint density at radius 2 is 1.75 bits per heavy atom. The van der Waals surface area contributed by atoms with Gasteiger partial charge in [0, 0.05) is 6.07 Å². The van der Waals surface area contributed by atoms with Gasteiger partial charge in [-0.25, -0.2) is 9.36 Å². The van der Waals surface area contributed by atoms with Crippen LogP contribution in [0.25, 0.3) is 5.69 Å². The Balaban J connectivity index is 1.64. The number of amides is 1. The number of rotatable bonds is 5. The second-order valence-corrected chi connectivity index (χ2v) is 7.48. The van der Waals surface area contributed by atoms with Crippen LogP contribution >= 0.6 is 23.2 Å². The first-order chi connectivity index (χ1) is 15.3. The van der Waals surface area contributed by atoms with Crippen LogP contribution in [0.15, 0.2) is 67.0 Å². The summed E-state index contributed by atoms with van der Waals surface area (Å²) in [7, 11) is 0. The van der Waals surface area contributed by atoms with E-state index in [9.17, 15) is 18.0 Å². The first kappa shape index (κ1) is 21.9. The number of hydrogen-bond donors (Lipinski definition) is 1. The fourth-order valence-electron chi connectivity index (χ4n) is 3.13. The number of carbonyl (C=O) groups is 1. The molecule has 0 spiro atoms. The lowest BCUT2D eigenvalue weighted by atomic mass is 10.2. The first-order valence-corrected chi connectivity index (χ1v) is 9.98. The number of benzene rings is 2. The van der Waals surface area contributed by atoms with E-state index in [0.717, 1.165) is 6.20 Å². The minimum absolute atomic E-state index is 0.150. The van der Waals surface area contributed by atoms with Gasteiger partial charge in [-0.15, -0.1) is 0 Å². The lowest BCUT2D eigenvalue weighted by Crippen LogP contribution is -2.22. The molecule has 6 nitrogen and oxygen atoms in total. The molecule has 2 aromatic heterocycles. The van der Waals surface area contributed by atoms with Gasteiger partial charge in [0.2, 0.25) is 0 Å². The van der Waals surface area contributed by atoms with E-state index in [1.807, 2.05) is 0 Å². The molecule has 0 saturated heterocycles. The molecule has 0 fully saturated rings. The number of anilines is 1. The lowest BCUT2D eigenvalue weighted by molar-refractivity contribution is -0.143. The summed E-state index contributed by atoms with van der Waals surface area (Å²) in [4.78, 5) is 12.8. The quantitative estimate of drug-likeness (QED) is 0.399. The Labute approximate surface area is 190 Å². The number of hydrogen-bond acceptors (Lipinski definition) is 3. The summed E-state index contributed by atoms with van der Waals surface area (Å²) in [5, 5.41) is 11.1. The Morgan fingerprint density at radius 1 is 1.00 bits per heavy atom. The summed E-state index contributed by atoms with van der Waals surface area (Å²) in [6.45, 7) is 0.150. The van der Waals surface area contributed by atoms with Crippen molar-refractivity contribution in [3.8, 4) is 5.69 Å². The van der Waals surface area contributed by atoms with Gasteiger partial charge in [0.05, 0.1) is 40.2 Å². The van der Waals surface area contributed by atoms with E-state index >= 15 is 0 Å². The average Bonchev–Trinajstić information content (AvgIpc) is 3.39. The van der Waals surface area contributed by atoms with Crippen LogP contribution in [0.4, 0.5) is 19.0 Å². The molecule has 0 saturated carbocycles. The van der Waals surface area contributed by atoms with E-state index in [1.165, 1.54) is 29.1 Å². The molecule has 0 bridgehead atoms. The second kappa shape index (κ2) is 8.68. The SMILES string of the molecule is O=C(Nc1ccnn1Cc1cccc(Cl)c1Cl)c1cnn(-c2ccccc2)c1C(F)(F)F. The smallest absolute Gasteiger partial charge is 0.307 e. The maximum Gasteiger partial charge on any atom is 0.434 e. The second-order valence-electron chi connectivity index (χ2n) is 6.69. The number of aromatic nitrogens is 4. The van der Waals surface area contributed by atoms with Gasteiger partial charge < -0.3 is 5.32 Å². The van der Waals surface area contributed by atoms with Crippen LogP contribution in [0.5, 0.6) is 0 Å². The third-order valence-electron chi connectivity index (χ3n) is 4.59. The van der Waals surface area contributed by atoms with Gasteiger partial charge in [0.1, 0.15) is 5.82 Å². The van der Waals surface area contributed by atoms with Crippen molar-refractivity contribution in [3.63, 3.8) is 0 Å². The van der Waals surface area contributed by atoms with Gasteiger partial charge in [-0.3, -0.25) is 4.79 Å². The summed E-state index contributed by atoms with van der Waals surface area (Å²) >= 11 is 12.2. The summed E-state index contributed by atoms with van der Waals surface area (Å²) in [5.41, 5.74) is -0.981. The standard InChI is InChI=1S/C21H14Cl2F3N5O/c22-16-8-4-5-13(18(16)23)12-30-17(9-10-27-30)29-20(32)15-11-28-31(19(15)21(24,25)26)14-6-2-1-3-7-14/h1-11H,12H2,(H,29,32). The molecule has 1 amide bonds. The predicted molar refractivity (Wildman–Crippen MR) is 114 cm³/mol. The van der Waals surface area contributed by atoms with Crippen molar-refractivity contribution >= 4 is 34.9 Å².